The van der Waals surface area contributed by atoms with Gasteiger partial charge in [0.05, 0.1) is 12.3 Å². The molecule has 0 spiro atoms. The highest BCUT2D eigenvalue weighted by atomic mass is 16.6. The summed E-state index contributed by atoms with van der Waals surface area (Å²) >= 11 is 0. The molecule has 0 radical (unpaired) electrons. The molecule has 0 unspecified atom stereocenters. The molecule has 2 rings (SSSR count). The Morgan fingerprint density at radius 3 is 2.29 bits per heavy atom. The molecule has 0 aromatic rings. The Kier molecular flexibility index (Phi) is 5.67. The van der Waals surface area contributed by atoms with Gasteiger partial charge in [-0.25, -0.2) is 4.79 Å². The topological polar surface area (TPSA) is 51.1 Å². The van der Waals surface area contributed by atoms with Gasteiger partial charge in [-0.3, -0.25) is 0 Å². The van der Waals surface area contributed by atoms with Gasteiger partial charge >= 0.3 is 6.09 Å². The zero-order valence-corrected chi connectivity index (χ0v) is 7.95. The maximum Gasteiger partial charge on any atom is 0.409 e. The lowest BCUT2D eigenvalue weighted by Gasteiger charge is -1.98. The maximum atomic E-state index is 10.3. The van der Waals surface area contributed by atoms with Gasteiger partial charge in [0.1, 0.15) is 13.2 Å². The Morgan fingerprint density at radius 2 is 2.14 bits per heavy atom. The van der Waals surface area contributed by atoms with Crippen LogP contribution in [0.25, 0.3) is 0 Å². The Morgan fingerprint density at radius 1 is 1.43 bits per heavy atom. The van der Waals surface area contributed by atoms with E-state index in [1.807, 2.05) is 6.92 Å². The number of hydrogen-bond donors (Lipinski definition) is 0. The zero-order chi connectivity index (χ0) is 9.68. The van der Waals surface area contributed by atoms with Crippen molar-refractivity contribution in [1.82, 2.24) is 4.90 Å². The second-order valence-electron chi connectivity index (χ2n) is 2.95. The third-order valence-corrected chi connectivity index (χ3v) is 1.74. The fourth-order valence-electron chi connectivity index (χ4n) is 0.866. The first-order valence-corrected chi connectivity index (χ1v) is 4.23. The number of carbonyl (C=O) groups is 1. The van der Waals surface area contributed by atoms with Gasteiger partial charge in [0.15, 0.2) is 0 Å². The summed E-state index contributed by atoms with van der Waals surface area (Å²) in [5, 5.41) is 3.65. The first-order chi connectivity index (χ1) is 6.20. The molecule has 2 heterocycles. The molecule has 82 valence electrons. The Labute approximate surface area is 84.7 Å². The Bertz CT molecular complexity index is 216. The fraction of sp³-hybridized carbons (Fsp3) is 0.778. The lowest BCUT2D eigenvalue weighted by atomic mass is 10.3. The maximum absolute atomic E-state index is 10.3. The van der Waals surface area contributed by atoms with Crippen LogP contribution in [-0.2, 0) is 9.57 Å². The molecule has 5 nitrogen and oxygen atoms in total. The van der Waals surface area contributed by atoms with Crippen LogP contribution in [0.4, 0.5) is 4.79 Å². The van der Waals surface area contributed by atoms with Crippen LogP contribution in [0.3, 0.4) is 0 Å². The second-order valence-corrected chi connectivity index (χ2v) is 2.95. The monoisotopic (exact) mass is 202 g/mol. The summed E-state index contributed by atoms with van der Waals surface area (Å²) in [5.41, 5.74) is 1.11. The average molecular weight is 202 g/mol. The number of oxime groups is 1. The van der Waals surface area contributed by atoms with Crippen molar-refractivity contribution < 1.29 is 14.4 Å². The number of amides is 1. The van der Waals surface area contributed by atoms with E-state index in [0.717, 1.165) is 25.3 Å². The van der Waals surface area contributed by atoms with Gasteiger partial charge in [-0.05, 0) is 6.92 Å². The molecule has 14 heavy (non-hydrogen) atoms. The lowest BCUT2D eigenvalue weighted by Crippen LogP contribution is -2.17. The van der Waals surface area contributed by atoms with E-state index in [-0.39, 0.29) is 13.5 Å². The molecule has 0 saturated carbocycles. The van der Waals surface area contributed by atoms with E-state index in [1.54, 1.807) is 11.9 Å². The minimum absolute atomic E-state index is 0. The minimum atomic E-state index is -0.208. The number of carbonyl (C=O) groups excluding carboxylic acids is 1. The van der Waals surface area contributed by atoms with E-state index in [2.05, 4.69) is 14.7 Å². The normalized spacial score (nSPS) is 18.6. The highest BCUT2D eigenvalue weighted by Crippen LogP contribution is 1.97. The third kappa shape index (κ3) is 4.11. The van der Waals surface area contributed by atoms with Crippen molar-refractivity contribution in [2.24, 2.45) is 5.16 Å². The smallest absolute Gasteiger partial charge is 0.409 e. The first-order valence-electron chi connectivity index (χ1n) is 4.23. The predicted octanol–water partition coefficient (Wildman–Crippen LogP) is 1.49. The number of cyclic esters (lactones) is 1. The van der Waals surface area contributed by atoms with Crippen molar-refractivity contribution in [3.05, 3.63) is 0 Å². The van der Waals surface area contributed by atoms with Crippen LogP contribution >= 0.6 is 0 Å². The van der Waals surface area contributed by atoms with Gasteiger partial charge in [0, 0.05) is 13.5 Å². The van der Waals surface area contributed by atoms with Gasteiger partial charge in [-0.2, -0.15) is 0 Å². The van der Waals surface area contributed by atoms with Crippen LogP contribution in [0, 0.1) is 0 Å². The van der Waals surface area contributed by atoms with Gasteiger partial charge in [0.2, 0.25) is 0 Å². The molecule has 0 aromatic heterocycles. The molecule has 2 aliphatic rings. The van der Waals surface area contributed by atoms with E-state index in [4.69, 9.17) is 0 Å². The summed E-state index contributed by atoms with van der Waals surface area (Å²) in [5.74, 6) is 0. The lowest BCUT2D eigenvalue weighted by molar-refractivity contribution is 0.163. The molecule has 0 atom stereocenters. The largest absolute Gasteiger partial charge is 0.448 e. The molecule has 1 saturated heterocycles. The molecule has 2 aliphatic heterocycles. The van der Waals surface area contributed by atoms with Crippen molar-refractivity contribution >= 4 is 11.8 Å². The number of hydrogen-bond acceptors (Lipinski definition) is 4. The summed E-state index contributed by atoms with van der Waals surface area (Å²) < 4.78 is 4.55. The van der Waals surface area contributed by atoms with Gasteiger partial charge in [-0.1, -0.05) is 12.6 Å². The SMILES string of the molecule is C.CC1=NOCC1.CN1CCOC1=O. The molecular formula is C9H18N2O3. The number of likely N-dealkylation sites (N-methyl/N-ethyl adjacent to an activating group) is 1. The molecule has 0 bridgehead atoms. The Hall–Kier alpha value is -1.26. The summed E-state index contributed by atoms with van der Waals surface area (Å²) in [6, 6.07) is 0. The molecule has 5 heteroatoms. The van der Waals surface area contributed by atoms with Gasteiger partial charge < -0.3 is 14.5 Å². The van der Waals surface area contributed by atoms with E-state index >= 15 is 0 Å². The van der Waals surface area contributed by atoms with E-state index in [1.165, 1.54) is 0 Å². The average Bonchev–Trinajstić information content (AvgIpc) is 2.67. The Balaban J connectivity index is 0.000000227. The third-order valence-electron chi connectivity index (χ3n) is 1.74. The van der Waals surface area contributed by atoms with Crippen LogP contribution in [0.1, 0.15) is 20.8 Å². The van der Waals surface area contributed by atoms with Crippen molar-refractivity contribution in [2.75, 3.05) is 26.8 Å². The number of rotatable bonds is 0. The van der Waals surface area contributed by atoms with Crippen LogP contribution in [0.15, 0.2) is 5.16 Å². The summed E-state index contributed by atoms with van der Waals surface area (Å²) in [6.07, 6.45) is 0.806. The molecule has 0 aromatic carbocycles. The summed E-state index contributed by atoms with van der Waals surface area (Å²) in [6.45, 7) is 4.03. The second kappa shape index (κ2) is 6.23. The standard InChI is InChI=1S/C4H7NO2.C4H7NO.CH4/c1-5-2-3-7-4(5)6;1-4-2-3-6-5-4;/h2-3H2,1H3;2-3H2,1H3;1H4. The molecule has 1 amide bonds. The number of ether oxygens (including phenoxy) is 1. The molecule has 0 N–H and O–H groups in total. The zero-order valence-electron chi connectivity index (χ0n) is 7.95. The highest BCUT2D eigenvalue weighted by Gasteiger charge is 2.15. The van der Waals surface area contributed by atoms with Gasteiger partial charge in [0.25, 0.3) is 0 Å². The van der Waals surface area contributed by atoms with Crippen molar-refractivity contribution in [3.63, 3.8) is 0 Å². The van der Waals surface area contributed by atoms with Crippen LogP contribution in [0.5, 0.6) is 0 Å². The predicted molar refractivity (Wildman–Crippen MR) is 54.4 cm³/mol. The van der Waals surface area contributed by atoms with Crippen molar-refractivity contribution in [2.45, 2.75) is 20.8 Å². The number of nitrogens with zero attached hydrogens (tertiary/aromatic N) is 2. The van der Waals surface area contributed by atoms with Crippen molar-refractivity contribution in [1.29, 1.82) is 0 Å². The van der Waals surface area contributed by atoms with E-state index < -0.39 is 0 Å². The highest BCUT2D eigenvalue weighted by molar-refractivity contribution is 5.82. The molecule has 1 fully saturated rings. The first kappa shape index (κ1) is 12.7. The van der Waals surface area contributed by atoms with Crippen LogP contribution in [-0.4, -0.2) is 43.5 Å². The van der Waals surface area contributed by atoms with E-state index in [0.29, 0.717) is 6.61 Å². The van der Waals surface area contributed by atoms with E-state index in [9.17, 15) is 4.79 Å². The van der Waals surface area contributed by atoms with Crippen LogP contribution < -0.4 is 0 Å². The van der Waals surface area contributed by atoms with Gasteiger partial charge in [-0.15, -0.1) is 0 Å². The van der Waals surface area contributed by atoms with Crippen molar-refractivity contribution in [3.8, 4) is 0 Å². The van der Waals surface area contributed by atoms with Crippen LogP contribution in [0.2, 0.25) is 0 Å². The fourth-order valence-corrected chi connectivity index (χ4v) is 0.866. The summed E-state index contributed by atoms with van der Waals surface area (Å²) in [7, 11) is 1.72. The quantitative estimate of drug-likeness (QED) is 0.598. The minimum Gasteiger partial charge on any atom is -0.448 e. The molecular weight excluding hydrogens is 184 g/mol. The molecule has 0 aliphatic carbocycles. The summed E-state index contributed by atoms with van der Waals surface area (Å²) in [4.78, 5) is 16.5.